The second-order valence-electron chi connectivity index (χ2n) is 2.76. The maximum absolute atomic E-state index is 9.63. The summed E-state index contributed by atoms with van der Waals surface area (Å²) in [5.74, 6) is -0.177. The van der Waals surface area contributed by atoms with Gasteiger partial charge in [-0.1, -0.05) is 15.9 Å². The Morgan fingerprint density at radius 3 is 2.60 bits per heavy atom. The fourth-order valence-electron chi connectivity index (χ4n) is 1.12. The Bertz CT molecular complexity index is 392. The second-order valence-corrected chi connectivity index (χ2v) is 3.61. The summed E-state index contributed by atoms with van der Waals surface area (Å²) in [6.45, 7) is -0.291. The van der Waals surface area contributed by atoms with Crippen molar-refractivity contribution in [1.29, 1.82) is 5.26 Å². The van der Waals surface area contributed by atoms with Crippen LogP contribution in [0.15, 0.2) is 16.6 Å². The summed E-state index contributed by atoms with van der Waals surface area (Å²) in [5.41, 5.74) is 6.07. The van der Waals surface area contributed by atoms with E-state index in [1.165, 1.54) is 6.07 Å². The Morgan fingerprint density at radius 2 is 2.13 bits per heavy atom. The largest absolute Gasteiger partial charge is 0.506 e. The lowest BCUT2D eigenvalue weighted by Crippen LogP contribution is -2.15. The molecule has 15 heavy (non-hydrogen) atoms. The molecule has 0 heterocycles. The van der Waals surface area contributed by atoms with Gasteiger partial charge in [0.1, 0.15) is 11.8 Å². The first-order valence-electron chi connectivity index (χ1n) is 3.89. The molecule has 1 rings (SSSR count). The zero-order valence-corrected chi connectivity index (χ0v) is 10.0. The molecule has 0 aliphatic rings. The van der Waals surface area contributed by atoms with Crippen molar-refractivity contribution >= 4 is 28.3 Å². The lowest BCUT2D eigenvalue weighted by molar-refractivity contribution is 0.265. The third-order valence-corrected chi connectivity index (χ3v) is 2.54. The van der Waals surface area contributed by atoms with E-state index in [4.69, 9.17) is 16.1 Å². The van der Waals surface area contributed by atoms with Gasteiger partial charge in [0.25, 0.3) is 0 Å². The topological polar surface area (TPSA) is 90.3 Å². The van der Waals surface area contributed by atoms with Crippen LogP contribution >= 0.6 is 28.3 Å². The zero-order valence-electron chi connectivity index (χ0n) is 7.64. The summed E-state index contributed by atoms with van der Waals surface area (Å²) >= 11 is 3.19. The third-order valence-electron chi connectivity index (χ3n) is 1.85. The van der Waals surface area contributed by atoms with Gasteiger partial charge in [-0.05, 0) is 12.1 Å². The Balaban J connectivity index is 0.00000196. The molecular formula is C9H10BrClN2O2. The highest BCUT2D eigenvalue weighted by Crippen LogP contribution is 2.33. The summed E-state index contributed by atoms with van der Waals surface area (Å²) in [6, 6.07) is 4.23. The van der Waals surface area contributed by atoms with Crippen LogP contribution in [0.3, 0.4) is 0 Å². The van der Waals surface area contributed by atoms with Crippen LogP contribution in [0, 0.1) is 11.3 Å². The number of benzene rings is 1. The highest BCUT2D eigenvalue weighted by atomic mass is 79.9. The number of aliphatic hydroxyl groups excluding tert-OH is 1. The van der Waals surface area contributed by atoms with Gasteiger partial charge in [-0.3, -0.25) is 0 Å². The molecule has 0 aromatic heterocycles. The Kier molecular flexibility index (Phi) is 5.61. The molecule has 0 spiro atoms. The Hall–Kier alpha value is -0.800. The molecule has 4 N–H and O–H groups in total. The molecule has 1 atom stereocenters. The first kappa shape index (κ1) is 14.2. The number of nitrogens with two attached hydrogens (primary N) is 1. The van der Waals surface area contributed by atoms with Gasteiger partial charge in [0.05, 0.1) is 18.2 Å². The second kappa shape index (κ2) is 5.93. The van der Waals surface area contributed by atoms with Crippen LogP contribution in [0.4, 0.5) is 0 Å². The molecule has 82 valence electrons. The van der Waals surface area contributed by atoms with E-state index in [-0.39, 0.29) is 30.3 Å². The van der Waals surface area contributed by atoms with Crippen molar-refractivity contribution in [2.24, 2.45) is 5.73 Å². The molecule has 0 fully saturated rings. The third kappa shape index (κ3) is 2.83. The van der Waals surface area contributed by atoms with Gasteiger partial charge < -0.3 is 15.9 Å². The number of nitrogens with zero attached hydrogens (tertiary/aromatic N) is 1. The van der Waals surface area contributed by atoms with Gasteiger partial charge in [0.15, 0.2) is 0 Å². The monoisotopic (exact) mass is 292 g/mol. The first-order valence-corrected chi connectivity index (χ1v) is 4.69. The van der Waals surface area contributed by atoms with E-state index < -0.39 is 6.04 Å². The van der Waals surface area contributed by atoms with Crippen LogP contribution in [-0.2, 0) is 0 Å². The number of phenols is 1. The highest BCUT2D eigenvalue weighted by molar-refractivity contribution is 9.10. The van der Waals surface area contributed by atoms with Gasteiger partial charge in [0.2, 0.25) is 0 Å². The maximum atomic E-state index is 9.63. The lowest BCUT2D eigenvalue weighted by Gasteiger charge is -2.13. The van der Waals surface area contributed by atoms with Crippen LogP contribution < -0.4 is 5.73 Å². The van der Waals surface area contributed by atoms with Gasteiger partial charge in [-0.25, -0.2) is 0 Å². The van der Waals surface area contributed by atoms with Crippen molar-refractivity contribution in [2.45, 2.75) is 6.04 Å². The van der Waals surface area contributed by atoms with Crippen molar-refractivity contribution in [3.8, 4) is 11.8 Å². The van der Waals surface area contributed by atoms with Crippen LogP contribution in [0.2, 0.25) is 0 Å². The molecule has 0 amide bonds. The van der Waals surface area contributed by atoms with E-state index in [1.807, 2.05) is 6.07 Å². The number of aromatic hydroxyl groups is 1. The van der Waals surface area contributed by atoms with Crippen LogP contribution in [-0.4, -0.2) is 16.8 Å². The molecule has 6 heteroatoms. The van der Waals surface area contributed by atoms with Crippen molar-refractivity contribution in [1.82, 2.24) is 0 Å². The number of halogens is 2. The fourth-order valence-corrected chi connectivity index (χ4v) is 1.73. The lowest BCUT2D eigenvalue weighted by atomic mass is 10.0. The van der Waals surface area contributed by atoms with Crippen LogP contribution in [0.5, 0.6) is 5.75 Å². The minimum absolute atomic E-state index is 0. The molecule has 0 saturated carbocycles. The van der Waals surface area contributed by atoms with E-state index >= 15 is 0 Å². The van der Waals surface area contributed by atoms with Crippen LogP contribution in [0.25, 0.3) is 0 Å². The Morgan fingerprint density at radius 1 is 1.53 bits per heavy atom. The molecule has 4 nitrogen and oxygen atoms in total. The number of hydrogen-bond acceptors (Lipinski definition) is 4. The van der Waals surface area contributed by atoms with Gasteiger partial charge in [-0.2, -0.15) is 5.26 Å². The molecule has 1 aromatic rings. The van der Waals surface area contributed by atoms with E-state index in [0.29, 0.717) is 10.0 Å². The fraction of sp³-hybridized carbons (Fsp3) is 0.222. The van der Waals surface area contributed by atoms with E-state index in [1.54, 1.807) is 6.07 Å². The van der Waals surface area contributed by atoms with E-state index in [9.17, 15) is 5.11 Å². The minimum Gasteiger partial charge on any atom is -0.506 e. The van der Waals surface area contributed by atoms with Crippen molar-refractivity contribution in [3.63, 3.8) is 0 Å². The van der Waals surface area contributed by atoms with E-state index in [2.05, 4.69) is 15.9 Å². The first-order chi connectivity index (χ1) is 6.61. The summed E-state index contributed by atoms with van der Waals surface area (Å²) in [6.07, 6.45) is 0. The number of nitriles is 1. The quantitative estimate of drug-likeness (QED) is 0.769. The predicted octanol–water partition coefficient (Wildman–Crippen LogP) is 1.44. The number of hydrogen-bond donors (Lipinski definition) is 3. The van der Waals surface area contributed by atoms with Crippen molar-refractivity contribution < 1.29 is 10.2 Å². The van der Waals surface area contributed by atoms with Gasteiger partial charge in [0, 0.05) is 10.0 Å². The smallest absolute Gasteiger partial charge is 0.139 e. The van der Waals surface area contributed by atoms with Gasteiger partial charge >= 0.3 is 0 Å². The van der Waals surface area contributed by atoms with Crippen molar-refractivity contribution in [2.75, 3.05) is 6.61 Å². The summed E-state index contributed by atoms with van der Waals surface area (Å²) in [4.78, 5) is 0. The average Bonchev–Trinajstić information content (AvgIpc) is 2.18. The molecule has 0 bridgehead atoms. The minimum atomic E-state index is -0.697. The molecule has 0 unspecified atom stereocenters. The normalized spacial score (nSPS) is 11.3. The average molecular weight is 294 g/mol. The summed E-state index contributed by atoms with van der Waals surface area (Å²) in [5, 5.41) is 27.1. The summed E-state index contributed by atoms with van der Waals surface area (Å²) in [7, 11) is 0. The zero-order chi connectivity index (χ0) is 10.7. The molecule has 0 saturated heterocycles. The van der Waals surface area contributed by atoms with Crippen molar-refractivity contribution in [3.05, 3.63) is 27.7 Å². The number of phenolic OH excluding ortho intramolecular Hbond substituents is 1. The molecule has 0 aliphatic heterocycles. The van der Waals surface area contributed by atoms with Crippen LogP contribution in [0.1, 0.15) is 17.2 Å². The standard InChI is InChI=1S/C9H9BrN2O2.ClH/c10-6-2-1-5(3-11)9(14)8(6)7(12)4-13;/h1-2,7,13-14H,4,12H2;1H/t7-;/m0./s1. The summed E-state index contributed by atoms with van der Waals surface area (Å²) < 4.78 is 0.579. The predicted molar refractivity (Wildman–Crippen MR) is 61.8 cm³/mol. The van der Waals surface area contributed by atoms with E-state index in [0.717, 1.165) is 0 Å². The van der Waals surface area contributed by atoms with Gasteiger partial charge in [-0.15, -0.1) is 12.4 Å². The molecule has 0 aliphatic carbocycles. The SMILES string of the molecule is Cl.N#Cc1ccc(Br)c([C@@H](N)CO)c1O. The maximum Gasteiger partial charge on any atom is 0.139 e. The Labute approximate surface area is 102 Å². The molecule has 1 aromatic carbocycles. The highest BCUT2D eigenvalue weighted by Gasteiger charge is 2.16. The molecule has 0 radical (unpaired) electrons. The molecular weight excluding hydrogens is 283 g/mol. The number of rotatable bonds is 2. The number of aliphatic hydroxyl groups is 1.